The summed E-state index contributed by atoms with van der Waals surface area (Å²) in [4.78, 5) is -0.163. The van der Waals surface area contributed by atoms with Gasteiger partial charge in [0.05, 0.1) is 10.9 Å². The van der Waals surface area contributed by atoms with Crippen LogP contribution in [0.15, 0.2) is 71.6 Å². The summed E-state index contributed by atoms with van der Waals surface area (Å²) in [6, 6.07) is 14.8. The predicted molar refractivity (Wildman–Crippen MR) is 120 cm³/mol. The number of alkyl halides is 3. The SMILES string of the molecule is Cc1cc(C)c(S(=O)(=O)NC(C(N)c2ccc(-c3ccccc3)cc2)C(F)(F)F)c(C)c1. The second-order valence-electron chi connectivity index (χ2n) is 7.88. The number of hydrogen-bond donors (Lipinski definition) is 2. The Balaban J connectivity index is 1.93. The lowest BCUT2D eigenvalue weighted by molar-refractivity contribution is -0.156. The van der Waals surface area contributed by atoms with Crippen molar-refractivity contribution in [2.75, 3.05) is 0 Å². The molecule has 0 saturated heterocycles. The van der Waals surface area contributed by atoms with Gasteiger partial charge in [0.15, 0.2) is 0 Å². The quantitative estimate of drug-likeness (QED) is 0.530. The van der Waals surface area contributed by atoms with Crippen molar-refractivity contribution >= 4 is 10.0 Å². The molecule has 32 heavy (non-hydrogen) atoms. The zero-order valence-corrected chi connectivity index (χ0v) is 18.8. The van der Waals surface area contributed by atoms with E-state index >= 15 is 0 Å². The fourth-order valence-electron chi connectivity index (χ4n) is 3.88. The Hall–Kier alpha value is -2.68. The second-order valence-corrected chi connectivity index (χ2v) is 9.53. The van der Waals surface area contributed by atoms with Gasteiger partial charge >= 0.3 is 6.18 Å². The second kappa shape index (κ2) is 9.05. The minimum atomic E-state index is -4.89. The molecule has 0 aliphatic rings. The molecule has 0 saturated carbocycles. The lowest BCUT2D eigenvalue weighted by atomic mass is 9.97. The highest BCUT2D eigenvalue weighted by molar-refractivity contribution is 7.89. The Kier molecular flexibility index (Phi) is 6.78. The molecule has 2 unspecified atom stereocenters. The number of nitrogens with two attached hydrogens (primary N) is 1. The van der Waals surface area contributed by atoms with Crippen molar-refractivity contribution in [3.63, 3.8) is 0 Å². The number of hydrogen-bond acceptors (Lipinski definition) is 3. The lowest BCUT2D eigenvalue weighted by Gasteiger charge is -2.28. The van der Waals surface area contributed by atoms with Crippen molar-refractivity contribution in [3.8, 4) is 11.1 Å². The van der Waals surface area contributed by atoms with E-state index in [0.29, 0.717) is 11.1 Å². The number of aryl methyl sites for hydroxylation is 3. The van der Waals surface area contributed by atoms with E-state index in [0.717, 1.165) is 16.7 Å². The van der Waals surface area contributed by atoms with Crippen molar-refractivity contribution in [1.82, 2.24) is 4.72 Å². The van der Waals surface area contributed by atoms with E-state index in [-0.39, 0.29) is 10.5 Å². The molecule has 0 aliphatic heterocycles. The maximum atomic E-state index is 13.9. The van der Waals surface area contributed by atoms with Crippen molar-refractivity contribution in [2.45, 2.75) is 43.9 Å². The molecule has 3 rings (SSSR count). The predicted octanol–water partition coefficient (Wildman–Crippen LogP) is 5.19. The summed E-state index contributed by atoms with van der Waals surface area (Å²) >= 11 is 0. The van der Waals surface area contributed by atoms with Crippen LogP contribution in [-0.2, 0) is 10.0 Å². The van der Waals surface area contributed by atoms with Crippen LogP contribution in [-0.4, -0.2) is 20.6 Å². The van der Waals surface area contributed by atoms with Crippen molar-refractivity contribution in [2.24, 2.45) is 5.73 Å². The van der Waals surface area contributed by atoms with Gasteiger partial charge in [0.1, 0.15) is 6.04 Å². The average molecular weight is 463 g/mol. The minimum absolute atomic E-state index is 0.163. The topological polar surface area (TPSA) is 72.2 Å². The van der Waals surface area contributed by atoms with Crippen molar-refractivity contribution in [1.29, 1.82) is 0 Å². The largest absolute Gasteiger partial charge is 0.406 e. The third kappa shape index (κ3) is 5.20. The van der Waals surface area contributed by atoms with Gasteiger partial charge < -0.3 is 5.73 Å². The van der Waals surface area contributed by atoms with Gasteiger partial charge in [-0.25, -0.2) is 8.42 Å². The summed E-state index contributed by atoms with van der Waals surface area (Å²) in [5.41, 5.74) is 9.42. The van der Waals surface area contributed by atoms with Gasteiger partial charge in [0.25, 0.3) is 0 Å². The van der Waals surface area contributed by atoms with E-state index in [9.17, 15) is 21.6 Å². The molecular weight excluding hydrogens is 437 g/mol. The minimum Gasteiger partial charge on any atom is -0.322 e. The molecule has 0 amide bonds. The van der Waals surface area contributed by atoms with Gasteiger partial charge in [-0.15, -0.1) is 0 Å². The van der Waals surface area contributed by atoms with E-state index in [1.807, 2.05) is 35.1 Å². The number of rotatable bonds is 6. The van der Waals surface area contributed by atoms with Gasteiger partial charge in [-0.05, 0) is 48.6 Å². The van der Waals surface area contributed by atoms with Gasteiger partial charge in [-0.1, -0.05) is 72.3 Å². The number of benzene rings is 3. The molecule has 3 N–H and O–H groups in total. The normalized spacial score (nSPS) is 14.2. The molecule has 0 radical (unpaired) electrons. The van der Waals surface area contributed by atoms with Crippen LogP contribution in [0.25, 0.3) is 11.1 Å². The third-order valence-corrected chi connectivity index (χ3v) is 7.02. The molecule has 3 aromatic carbocycles. The van der Waals surface area contributed by atoms with E-state index in [1.54, 1.807) is 45.0 Å². The molecule has 0 bridgehead atoms. The molecule has 170 valence electrons. The summed E-state index contributed by atoms with van der Waals surface area (Å²) in [5, 5.41) is 0. The molecule has 0 spiro atoms. The first-order chi connectivity index (χ1) is 14.9. The van der Waals surface area contributed by atoms with Crippen LogP contribution >= 0.6 is 0 Å². The van der Waals surface area contributed by atoms with Crippen LogP contribution in [0.4, 0.5) is 13.2 Å². The zero-order valence-electron chi connectivity index (χ0n) is 17.9. The summed E-state index contributed by atoms with van der Waals surface area (Å²) in [6.07, 6.45) is -4.89. The van der Waals surface area contributed by atoms with Gasteiger partial charge in [-0.2, -0.15) is 17.9 Å². The summed E-state index contributed by atoms with van der Waals surface area (Å²) < 4.78 is 69.4. The average Bonchev–Trinajstić information content (AvgIpc) is 2.70. The number of nitrogens with one attached hydrogen (secondary N) is 1. The fourth-order valence-corrected chi connectivity index (χ4v) is 5.58. The molecule has 0 heterocycles. The van der Waals surface area contributed by atoms with Crippen LogP contribution in [0.2, 0.25) is 0 Å². The van der Waals surface area contributed by atoms with E-state index < -0.39 is 28.3 Å². The van der Waals surface area contributed by atoms with Crippen LogP contribution in [0.1, 0.15) is 28.3 Å². The van der Waals surface area contributed by atoms with Gasteiger partial charge in [0, 0.05) is 0 Å². The Morgan fingerprint density at radius 3 is 1.84 bits per heavy atom. The Morgan fingerprint density at radius 2 is 1.34 bits per heavy atom. The first kappa shape index (κ1) is 24.0. The van der Waals surface area contributed by atoms with E-state index in [4.69, 9.17) is 5.73 Å². The maximum absolute atomic E-state index is 13.9. The molecule has 0 aromatic heterocycles. The summed E-state index contributed by atoms with van der Waals surface area (Å²) in [7, 11) is -4.47. The molecule has 0 aliphatic carbocycles. The van der Waals surface area contributed by atoms with Gasteiger partial charge in [0.2, 0.25) is 10.0 Å². The van der Waals surface area contributed by atoms with Crippen molar-refractivity contribution < 1.29 is 21.6 Å². The number of halogens is 3. The number of sulfonamides is 1. The Morgan fingerprint density at radius 1 is 0.844 bits per heavy atom. The lowest BCUT2D eigenvalue weighted by Crippen LogP contribution is -2.51. The zero-order chi connectivity index (χ0) is 23.7. The highest BCUT2D eigenvalue weighted by Crippen LogP contribution is 2.32. The van der Waals surface area contributed by atoms with Crippen LogP contribution < -0.4 is 10.5 Å². The van der Waals surface area contributed by atoms with E-state index in [1.165, 1.54) is 12.1 Å². The van der Waals surface area contributed by atoms with Gasteiger partial charge in [-0.3, -0.25) is 0 Å². The maximum Gasteiger partial charge on any atom is 0.406 e. The van der Waals surface area contributed by atoms with Crippen molar-refractivity contribution in [3.05, 3.63) is 89.0 Å². The molecule has 8 heteroatoms. The highest BCUT2D eigenvalue weighted by atomic mass is 32.2. The highest BCUT2D eigenvalue weighted by Gasteiger charge is 2.46. The molecule has 2 atom stereocenters. The van der Waals surface area contributed by atoms with Crippen LogP contribution in [0.3, 0.4) is 0 Å². The van der Waals surface area contributed by atoms with Crippen LogP contribution in [0.5, 0.6) is 0 Å². The molecule has 3 aromatic rings. The first-order valence-electron chi connectivity index (χ1n) is 9.98. The first-order valence-corrected chi connectivity index (χ1v) is 11.5. The monoisotopic (exact) mass is 462 g/mol. The molecule has 4 nitrogen and oxygen atoms in total. The summed E-state index contributed by atoms with van der Waals surface area (Å²) in [6.45, 7) is 4.90. The third-order valence-electron chi connectivity index (χ3n) is 5.27. The fraction of sp³-hybridized carbons (Fsp3) is 0.250. The Bertz CT molecular complexity index is 1170. The van der Waals surface area contributed by atoms with Crippen LogP contribution in [0, 0.1) is 20.8 Å². The van der Waals surface area contributed by atoms with E-state index in [2.05, 4.69) is 0 Å². The standard InChI is InChI=1S/C24H25F3N2O2S/c1-15-13-16(2)22(17(3)14-15)32(30,31)29-23(24(25,26)27)21(28)20-11-9-19(10-12-20)18-7-5-4-6-8-18/h4-14,21,23,29H,28H2,1-3H3. The molecule has 0 fully saturated rings. The smallest absolute Gasteiger partial charge is 0.322 e. The summed E-state index contributed by atoms with van der Waals surface area (Å²) in [5.74, 6) is 0. The Labute approximate surface area is 186 Å². The molecular formula is C24H25F3N2O2S.